The van der Waals surface area contributed by atoms with Gasteiger partial charge in [0.2, 0.25) is 0 Å². The summed E-state index contributed by atoms with van der Waals surface area (Å²) in [5.74, 6) is -0.547. The number of anilines is 1. The fourth-order valence-electron chi connectivity index (χ4n) is 2.33. The van der Waals surface area contributed by atoms with Crippen molar-refractivity contribution < 1.29 is 23.5 Å². The molecule has 0 spiro atoms. The highest BCUT2D eigenvalue weighted by atomic mass is 19.1. The van der Waals surface area contributed by atoms with Crippen LogP contribution in [0.1, 0.15) is 31.1 Å². The van der Waals surface area contributed by atoms with E-state index < -0.39 is 17.5 Å². The van der Waals surface area contributed by atoms with Gasteiger partial charge in [0.1, 0.15) is 12.2 Å². The van der Waals surface area contributed by atoms with Crippen molar-refractivity contribution in [1.82, 2.24) is 4.90 Å². The Morgan fingerprint density at radius 2 is 1.82 bits per heavy atom. The molecule has 2 rings (SSSR count). The van der Waals surface area contributed by atoms with E-state index in [0.29, 0.717) is 11.3 Å². The molecule has 0 saturated heterocycles. The smallest absolute Gasteiger partial charge is 0.412 e. The third kappa shape index (κ3) is 6.57. The molecule has 150 valence electrons. The summed E-state index contributed by atoms with van der Waals surface area (Å²) in [6.45, 7) is 5.73. The predicted octanol–water partition coefficient (Wildman–Crippen LogP) is 4.32. The number of ether oxygens (including phenoxy) is 2. The highest BCUT2D eigenvalue weighted by Gasteiger charge is 2.17. The van der Waals surface area contributed by atoms with Gasteiger partial charge in [0.05, 0.1) is 6.54 Å². The summed E-state index contributed by atoms with van der Waals surface area (Å²) >= 11 is 0. The minimum absolute atomic E-state index is 0.145. The van der Waals surface area contributed by atoms with Crippen molar-refractivity contribution in [1.29, 1.82) is 0 Å². The van der Waals surface area contributed by atoms with Crippen LogP contribution < -0.4 is 10.1 Å². The summed E-state index contributed by atoms with van der Waals surface area (Å²) in [6, 6.07) is 12.7. The molecule has 0 aromatic heterocycles. The fraction of sp³-hybridized carbons (Fsp3) is 0.333. The molecule has 0 fully saturated rings. The molecule has 0 aliphatic carbocycles. The van der Waals surface area contributed by atoms with Crippen molar-refractivity contribution >= 4 is 17.7 Å². The van der Waals surface area contributed by atoms with E-state index >= 15 is 0 Å². The molecule has 0 atom stereocenters. The first-order valence-corrected chi connectivity index (χ1v) is 8.88. The van der Waals surface area contributed by atoms with Crippen LogP contribution in [0.4, 0.5) is 14.9 Å². The third-order valence-corrected chi connectivity index (χ3v) is 3.62. The van der Waals surface area contributed by atoms with Gasteiger partial charge in [-0.1, -0.05) is 18.2 Å². The molecule has 0 aliphatic heterocycles. The lowest BCUT2D eigenvalue weighted by atomic mass is 10.1. The van der Waals surface area contributed by atoms with Crippen LogP contribution in [-0.4, -0.2) is 42.7 Å². The lowest BCUT2D eigenvalue weighted by Gasteiger charge is -2.20. The average Bonchev–Trinajstić information content (AvgIpc) is 2.61. The van der Waals surface area contributed by atoms with Crippen LogP contribution in [-0.2, 0) is 4.74 Å². The monoisotopic (exact) mass is 388 g/mol. The highest BCUT2D eigenvalue weighted by Crippen LogP contribution is 2.16. The van der Waals surface area contributed by atoms with E-state index in [2.05, 4.69) is 5.32 Å². The second-order valence-corrected chi connectivity index (χ2v) is 7.21. The molecule has 6 nitrogen and oxygen atoms in total. The number of nitrogens with one attached hydrogen (secondary N) is 1. The zero-order valence-corrected chi connectivity index (χ0v) is 16.5. The Hall–Kier alpha value is -3.09. The number of likely N-dealkylation sites (N-methyl/N-ethyl adjacent to an activating group) is 1. The lowest BCUT2D eigenvalue weighted by molar-refractivity contribution is 0.0635. The van der Waals surface area contributed by atoms with Crippen LogP contribution in [0.15, 0.2) is 48.5 Å². The molecular formula is C21H25FN2O4. The van der Waals surface area contributed by atoms with E-state index in [-0.39, 0.29) is 24.8 Å². The van der Waals surface area contributed by atoms with E-state index in [9.17, 15) is 14.0 Å². The Morgan fingerprint density at radius 1 is 1.11 bits per heavy atom. The molecule has 0 unspecified atom stereocenters. The Balaban J connectivity index is 1.92. The molecule has 1 N–H and O–H groups in total. The number of carbonyl (C=O) groups excluding carboxylic acids is 2. The molecule has 28 heavy (non-hydrogen) atoms. The van der Waals surface area contributed by atoms with Crippen molar-refractivity contribution in [3.63, 3.8) is 0 Å². The number of nitrogens with zero attached hydrogens (tertiary/aromatic N) is 1. The number of para-hydroxylation sites is 1. The average molecular weight is 388 g/mol. The second kappa shape index (κ2) is 9.21. The van der Waals surface area contributed by atoms with Crippen molar-refractivity contribution in [2.24, 2.45) is 0 Å². The van der Waals surface area contributed by atoms with E-state index in [1.807, 2.05) is 0 Å². The largest absolute Gasteiger partial charge is 0.489 e. The van der Waals surface area contributed by atoms with Crippen molar-refractivity contribution in [3.05, 3.63) is 59.9 Å². The first kappa shape index (κ1) is 21.2. The topological polar surface area (TPSA) is 67.9 Å². The second-order valence-electron chi connectivity index (χ2n) is 7.21. The SMILES string of the molecule is CN(CCOc1ccccc1F)C(=O)c1cccc(NC(=O)OC(C)(C)C)c1. The summed E-state index contributed by atoms with van der Waals surface area (Å²) in [7, 11) is 1.63. The van der Waals surface area contributed by atoms with Crippen LogP contribution in [0, 0.1) is 5.82 Å². The normalized spacial score (nSPS) is 10.9. The van der Waals surface area contributed by atoms with Gasteiger partial charge in [-0.05, 0) is 51.1 Å². The van der Waals surface area contributed by atoms with Gasteiger partial charge in [-0.15, -0.1) is 0 Å². The number of hydrogen-bond acceptors (Lipinski definition) is 4. The summed E-state index contributed by atoms with van der Waals surface area (Å²) in [4.78, 5) is 25.9. The minimum atomic E-state index is -0.615. The molecule has 0 saturated carbocycles. The van der Waals surface area contributed by atoms with E-state index in [4.69, 9.17) is 9.47 Å². The molecule has 0 radical (unpaired) electrons. The number of benzene rings is 2. The van der Waals surface area contributed by atoms with E-state index in [0.717, 1.165) is 0 Å². The first-order valence-electron chi connectivity index (χ1n) is 8.88. The Bertz CT molecular complexity index is 833. The Morgan fingerprint density at radius 3 is 2.50 bits per heavy atom. The van der Waals surface area contributed by atoms with Gasteiger partial charge in [-0.2, -0.15) is 0 Å². The first-order chi connectivity index (χ1) is 13.2. The lowest BCUT2D eigenvalue weighted by Crippen LogP contribution is -2.31. The van der Waals surface area contributed by atoms with Crippen molar-refractivity contribution in [2.75, 3.05) is 25.5 Å². The maximum absolute atomic E-state index is 13.5. The molecule has 2 amide bonds. The van der Waals surface area contributed by atoms with Crippen LogP contribution in [0.3, 0.4) is 0 Å². The van der Waals surface area contributed by atoms with Gasteiger partial charge in [0.15, 0.2) is 11.6 Å². The molecule has 0 aliphatic rings. The van der Waals surface area contributed by atoms with Crippen LogP contribution in [0.5, 0.6) is 5.75 Å². The predicted molar refractivity (Wildman–Crippen MR) is 105 cm³/mol. The van der Waals surface area contributed by atoms with E-state index in [1.54, 1.807) is 64.2 Å². The molecule has 0 bridgehead atoms. The molecular weight excluding hydrogens is 363 g/mol. The number of halogens is 1. The quantitative estimate of drug-likeness (QED) is 0.800. The minimum Gasteiger partial charge on any atom is -0.489 e. The fourth-order valence-corrected chi connectivity index (χ4v) is 2.33. The van der Waals surface area contributed by atoms with Gasteiger partial charge in [0, 0.05) is 18.3 Å². The molecule has 7 heteroatoms. The van der Waals surface area contributed by atoms with Crippen molar-refractivity contribution in [3.8, 4) is 5.75 Å². The standard InChI is InChI=1S/C21H25FN2O4/c1-21(2,3)28-20(26)23-16-9-7-8-15(14-16)19(25)24(4)12-13-27-18-11-6-5-10-17(18)22/h5-11,14H,12-13H2,1-4H3,(H,23,26). The van der Waals surface area contributed by atoms with E-state index in [1.165, 1.54) is 17.0 Å². The highest BCUT2D eigenvalue weighted by molar-refractivity contribution is 5.96. The number of carbonyl (C=O) groups is 2. The van der Waals surface area contributed by atoms with Gasteiger partial charge in [-0.3, -0.25) is 10.1 Å². The van der Waals surface area contributed by atoms with Gasteiger partial charge < -0.3 is 14.4 Å². The zero-order valence-electron chi connectivity index (χ0n) is 16.5. The number of amides is 2. The summed E-state index contributed by atoms with van der Waals surface area (Å²) in [6.07, 6.45) is -0.594. The van der Waals surface area contributed by atoms with Crippen LogP contribution >= 0.6 is 0 Å². The molecule has 2 aromatic rings. The summed E-state index contributed by atoms with van der Waals surface area (Å²) in [5, 5.41) is 2.61. The summed E-state index contributed by atoms with van der Waals surface area (Å²) in [5.41, 5.74) is 0.244. The van der Waals surface area contributed by atoms with Gasteiger partial charge in [0.25, 0.3) is 5.91 Å². The molecule has 2 aromatic carbocycles. The third-order valence-electron chi connectivity index (χ3n) is 3.62. The number of rotatable bonds is 6. The van der Waals surface area contributed by atoms with Crippen LogP contribution in [0.25, 0.3) is 0 Å². The van der Waals surface area contributed by atoms with Gasteiger partial charge >= 0.3 is 6.09 Å². The maximum Gasteiger partial charge on any atom is 0.412 e. The van der Waals surface area contributed by atoms with Crippen LogP contribution in [0.2, 0.25) is 0 Å². The van der Waals surface area contributed by atoms with Gasteiger partial charge in [-0.25, -0.2) is 9.18 Å². The van der Waals surface area contributed by atoms with Crippen molar-refractivity contribution in [2.45, 2.75) is 26.4 Å². The number of hydrogen-bond donors (Lipinski definition) is 1. The maximum atomic E-state index is 13.5. The zero-order chi connectivity index (χ0) is 20.7. The Kier molecular flexibility index (Phi) is 6.98. The summed E-state index contributed by atoms with van der Waals surface area (Å²) < 4.78 is 24.1. The Labute approximate surface area is 164 Å². The molecule has 0 heterocycles.